The average molecular weight is 423 g/mol. The predicted molar refractivity (Wildman–Crippen MR) is 113 cm³/mol. The number of carboxylic acid groups (broad SMARTS) is 2. The molecule has 8 nitrogen and oxygen atoms in total. The largest absolute Gasteiger partial charge is 0.497 e. The van der Waals surface area contributed by atoms with E-state index in [9.17, 15) is 0 Å². The van der Waals surface area contributed by atoms with E-state index in [1.54, 1.807) is 14.2 Å². The zero-order valence-corrected chi connectivity index (χ0v) is 18.0. The summed E-state index contributed by atoms with van der Waals surface area (Å²) in [6, 6.07) is 6.92. The molecule has 0 atom stereocenters. The first-order chi connectivity index (χ1) is 14.4. The van der Waals surface area contributed by atoms with Crippen LogP contribution in [0.25, 0.3) is 0 Å². The number of carboxylic acids is 2. The average Bonchev–Trinajstić information content (AvgIpc) is 3.04. The van der Waals surface area contributed by atoms with Gasteiger partial charge >= 0.3 is 11.9 Å². The Bertz CT molecular complexity index is 668. The molecule has 8 heteroatoms. The van der Waals surface area contributed by atoms with E-state index in [-0.39, 0.29) is 0 Å². The van der Waals surface area contributed by atoms with Gasteiger partial charge in [-0.2, -0.15) is 0 Å². The van der Waals surface area contributed by atoms with Gasteiger partial charge in [-0.15, -0.1) is 0 Å². The molecular weight excluding hydrogens is 388 g/mol. The first kappa shape index (κ1) is 24.0. The third-order valence-electron chi connectivity index (χ3n) is 5.81. The Morgan fingerprint density at radius 1 is 0.933 bits per heavy atom. The molecule has 1 aromatic rings. The summed E-state index contributed by atoms with van der Waals surface area (Å²) in [7, 11) is 3.46. The van der Waals surface area contributed by atoms with E-state index in [1.807, 2.05) is 12.1 Å². The van der Waals surface area contributed by atoms with Gasteiger partial charge < -0.3 is 19.7 Å². The molecular formula is C22H34N2O6. The lowest BCUT2D eigenvalue weighted by Crippen LogP contribution is -2.49. The van der Waals surface area contributed by atoms with E-state index in [1.165, 1.54) is 57.2 Å². The van der Waals surface area contributed by atoms with Crippen LogP contribution in [-0.2, 0) is 16.1 Å². The van der Waals surface area contributed by atoms with Gasteiger partial charge in [0.05, 0.1) is 14.2 Å². The fourth-order valence-corrected chi connectivity index (χ4v) is 4.16. The number of nitrogens with zero attached hydrogens (tertiary/aromatic N) is 2. The molecule has 168 valence electrons. The van der Waals surface area contributed by atoms with Gasteiger partial charge in [-0.3, -0.25) is 9.80 Å². The van der Waals surface area contributed by atoms with Crippen LogP contribution in [0.4, 0.5) is 0 Å². The van der Waals surface area contributed by atoms with Crippen molar-refractivity contribution in [2.24, 2.45) is 0 Å². The minimum atomic E-state index is -1.82. The molecule has 2 fully saturated rings. The van der Waals surface area contributed by atoms with Crippen molar-refractivity contribution in [3.05, 3.63) is 23.8 Å². The quantitative estimate of drug-likeness (QED) is 0.552. The molecule has 2 N–H and O–H groups in total. The number of rotatable bonds is 5. The standard InChI is InChI=1S/C20H32N2O2.C2H2O4/c1-23-19-9-10-20(24-2)17(15-19)16-21-11-13-22(14-12-21)18-7-5-3-4-6-8-18;3-1(4)2(5)6/h9-10,15,18H,3-8,11-14,16H2,1-2H3;(H,3,4)(H,5,6). The third kappa shape index (κ3) is 7.50. The van der Waals surface area contributed by atoms with Crippen LogP contribution in [0, 0.1) is 0 Å². The Labute approximate surface area is 178 Å². The zero-order valence-electron chi connectivity index (χ0n) is 18.0. The van der Waals surface area contributed by atoms with Crippen molar-refractivity contribution in [2.45, 2.75) is 51.1 Å². The normalized spacial score (nSPS) is 18.6. The maximum absolute atomic E-state index is 9.10. The monoisotopic (exact) mass is 422 g/mol. The highest BCUT2D eigenvalue weighted by molar-refractivity contribution is 6.27. The molecule has 1 saturated heterocycles. The third-order valence-corrected chi connectivity index (χ3v) is 5.81. The molecule has 0 spiro atoms. The van der Waals surface area contributed by atoms with Gasteiger partial charge in [-0.1, -0.05) is 25.7 Å². The number of hydrogen-bond donors (Lipinski definition) is 2. The van der Waals surface area contributed by atoms with Crippen molar-refractivity contribution in [3.63, 3.8) is 0 Å². The second kappa shape index (κ2) is 12.4. The van der Waals surface area contributed by atoms with E-state index in [2.05, 4.69) is 15.9 Å². The van der Waals surface area contributed by atoms with E-state index in [4.69, 9.17) is 29.3 Å². The van der Waals surface area contributed by atoms with Crippen molar-refractivity contribution >= 4 is 11.9 Å². The number of piperazine rings is 1. The van der Waals surface area contributed by atoms with Crippen LogP contribution in [0.2, 0.25) is 0 Å². The summed E-state index contributed by atoms with van der Waals surface area (Å²) in [5.41, 5.74) is 1.22. The van der Waals surface area contributed by atoms with Crippen molar-refractivity contribution in [3.8, 4) is 11.5 Å². The highest BCUT2D eigenvalue weighted by Crippen LogP contribution is 2.27. The second-order valence-electron chi connectivity index (χ2n) is 7.75. The molecule has 0 radical (unpaired) electrons. The Morgan fingerprint density at radius 3 is 2.03 bits per heavy atom. The first-order valence-electron chi connectivity index (χ1n) is 10.6. The number of methoxy groups -OCH3 is 2. The van der Waals surface area contributed by atoms with Crippen LogP contribution in [0.3, 0.4) is 0 Å². The SMILES string of the molecule is COc1ccc(OC)c(CN2CCN(C3CCCCCC3)CC2)c1.O=C(O)C(=O)O. The number of hydrogen-bond acceptors (Lipinski definition) is 6. The summed E-state index contributed by atoms with van der Waals surface area (Å²) >= 11 is 0. The summed E-state index contributed by atoms with van der Waals surface area (Å²) in [4.78, 5) is 23.5. The lowest BCUT2D eigenvalue weighted by Gasteiger charge is -2.39. The topological polar surface area (TPSA) is 99.5 Å². The molecule has 0 unspecified atom stereocenters. The van der Waals surface area contributed by atoms with Crippen LogP contribution >= 0.6 is 0 Å². The molecule has 1 aliphatic heterocycles. The minimum Gasteiger partial charge on any atom is -0.497 e. The molecule has 2 aliphatic rings. The second-order valence-corrected chi connectivity index (χ2v) is 7.75. The van der Waals surface area contributed by atoms with E-state index >= 15 is 0 Å². The van der Waals surface area contributed by atoms with Crippen LogP contribution in [0.5, 0.6) is 11.5 Å². The molecule has 1 aliphatic carbocycles. The van der Waals surface area contributed by atoms with E-state index in [0.717, 1.165) is 37.2 Å². The van der Waals surface area contributed by atoms with Gasteiger partial charge in [0.15, 0.2) is 0 Å². The van der Waals surface area contributed by atoms with Crippen molar-refractivity contribution in [2.75, 3.05) is 40.4 Å². The lowest BCUT2D eigenvalue weighted by atomic mass is 10.1. The molecule has 0 amide bonds. The van der Waals surface area contributed by atoms with Gasteiger partial charge in [0.2, 0.25) is 0 Å². The highest BCUT2D eigenvalue weighted by atomic mass is 16.5. The summed E-state index contributed by atoms with van der Waals surface area (Å²) in [6.07, 6.45) is 8.53. The molecule has 0 bridgehead atoms. The molecule has 1 aromatic carbocycles. The summed E-state index contributed by atoms with van der Waals surface area (Å²) in [6.45, 7) is 5.65. The summed E-state index contributed by atoms with van der Waals surface area (Å²) in [5.74, 6) is -1.78. The number of aliphatic carboxylic acids is 2. The van der Waals surface area contributed by atoms with Gasteiger partial charge in [0.25, 0.3) is 0 Å². The number of carbonyl (C=O) groups is 2. The van der Waals surface area contributed by atoms with Crippen molar-refractivity contribution < 1.29 is 29.3 Å². The molecule has 1 saturated carbocycles. The maximum Gasteiger partial charge on any atom is 0.414 e. The molecule has 3 rings (SSSR count). The van der Waals surface area contributed by atoms with E-state index in [0.29, 0.717) is 0 Å². The highest BCUT2D eigenvalue weighted by Gasteiger charge is 2.25. The number of ether oxygens (including phenoxy) is 2. The smallest absolute Gasteiger partial charge is 0.414 e. The van der Waals surface area contributed by atoms with E-state index < -0.39 is 11.9 Å². The summed E-state index contributed by atoms with van der Waals surface area (Å²) in [5, 5.41) is 14.8. The van der Waals surface area contributed by atoms with Gasteiger partial charge in [0, 0.05) is 44.3 Å². The minimum absolute atomic E-state index is 0.834. The molecule has 30 heavy (non-hydrogen) atoms. The van der Waals surface area contributed by atoms with Crippen LogP contribution in [-0.4, -0.2) is 78.4 Å². The molecule has 0 aromatic heterocycles. The Hall–Kier alpha value is -2.32. The Balaban J connectivity index is 0.000000469. The fourth-order valence-electron chi connectivity index (χ4n) is 4.16. The van der Waals surface area contributed by atoms with Crippen LogP contribution < -0.4 is 9.47 Å². The van der Waals surface area contributed by atoms with Crippen LogP contribution in [0.1, 0.15) is 44.1 Å². The Morgan fingerprint density at radius 2 is 1.53 bits per heavy atom. The summed E-state index contributed by atoms with van der Waals surface area (Å²) < 4.78 is 10.9. The van der Waals surface area contributed by atoms with Gasteiger partial charge in [-0.05, 0) is 31.0 Å². The van der Waals surface area contributed by atoms with Crippen LogP contribution in [0.15, 0.2) is 18.2 Å². The Kier molecular flexibility index (Phi) is 9.89. The fraction of sp³-hybridized carbons (Fsp3) is 0.636. The first-order valence-corrected chi connectivity index (χ1v) is 10.6. The predicted octanol–water partition coefficient (Wildman–Crippen LogP) is 2.70. The van der Waals surface area contributed by atoms with Gasteiger partial charge in [-0.25, -0.2) is 9.59 Å². The zero-order chi connectivity index (χ0) is 21.9. The number of benzene rings is 1. The van der Waals surface area contributed by atoms with Crippen molar-refractivity contribution in [1.29, 1.82) is 0 Å². The van der Waals surface area contributed by atoms with Crippen molar-refractivity contribution in [1.82, 2.24) is 9.80 Å². The maximum atomic E-state index is 9.10. The lowest BCUT2D eigenvalue weighted by molar-refractivity contribution is -0.159. The van der Waals surface area contributed by atoms with Gasteiger partial charge in [0.1, 0.15) is 11.5 Å². The molecule has 1 heterocycles.